The van der Waals surface area contributed by atoms with Gasteiger partial charge in [-0.25, -0.2) is 0 Å². The summed E-state index contributed by atoms with van der Waals surface area (Å²) in [7, 11) is 0. The summed E-state index contributed by atoms with van der Waals surface area (Å²) in [6.45, 7) is 8.68. The van der Waals surface area contributed by atoms with Gasteiger partial charge in [0.25, 0.3) is 0 Å². The molecule has 1 aliphatic rings. The summed E-state index contributed by atoms with van der Waals surface area (Å²) in [5.74, 6) is 1.00. The zero-order valence-corrected chi connectivity index (χ0v) is 12.5. The van der Waals surface area contributed by atoms with E-state index in [2.05, 4.69) is 50.4 Å². The predicted octanol–water partition coefficient (Wildman–Crippen LogP) is 3.90. The Balaban J connectivity index is 1.82. The van der Waals surface area contributed by atoms with E-state index in [4.69, 9.17) is 4.74 Å². The van der Waals surface area contributed by atoms with Crippen LogP contribution in [0.3, 0.4) is 0 Å². The molecule has 0 radical (unpaired) electrons. The summed E-state index contributed by atoms with van der Waals surface area (Å²) in [5.41, 5.74) is 1.52. The van der Waals surface area contributed by atoms with E-state index in [0.717, 1.165) is 18.8 Å². The SMILES string of the molecule is CC(C)(C)c1cccc(OCCC2CCCCN2)c1. The number of hydrogen-bond acceptors (Lipinski definition) is 2. The van der Waals surface area contributed by atoms with Gasteiger partial charge in [0.2, 0.25) is 0 Å². The monoisotopic (exact) mass is 261 g/mol. The summed E-state index contributed by atoms with van der Waals surface area (Å²) in [4.78, 5) is 0. The second-order valence-corrected chi connectivity index (χ2v) is 6.56. The van der Waals surface area contributed by atoms with Crippen LogP contribution in [-0.4, -0.2) is 19.2 Å². The van der Waals surface area contributed by atoms with Crippen molar-refractivity contribution >= 4 is 0 Å². The van der Waals surface area contributed by atoms with Gasteiger partial charge in [-0.1, -0.05) is 39.3 Å². The highest BCUT2D eigenvalue weighted by Crippen LogP contribution is 2.25. The first kappa shape index (κ1) is 14.4. The van der Waals surface area contributed by atoms with Crippen LogP contribution in [0.2, 0.25) is 0 Å². The van der Waals surface area contributed by atoms with Crippen molar-refractivity contribution in [2.75, 3.05) is 13.2 Å². The lowest BCUT2D eigenvalue weighted by atomic mass is 9.87. The summed E-state index contributed by atoms with van der Waals surface area (Å²) in [6, 6.07) is 9.15. The van der Waals surface area contributed by atoms with Gasteiger partial charge in [0, 0.05) is 6.04 Å². The Morgan fingerprint density at radius 1 is 1.26 bits per heavy atom. The summed E-state index contributed by atoms with van der Waals surface area (Å²) in [5, 5.41) is 3.56. The second-order valence-electron chi connectivity index (χ2n) is 6.56. The normalized spacial score (nSPS) is 20.3. The highest BCUT2D eigenvalue weighted by atomic mass is 16.5. The third kappa shape index (κ3) is 4.54. The molecular formula is C17H27NO. The molecule has 1 aromatic rings. The molecule has 0 aliphatic carbocycles. The van der Waals surface area contributed by atoms with Gasteiger partial charge in [-0.05, 0) is 48.9 Å². The first-order valence-electron chi connectivity index (χ1n) is 7.52. The van der Waals surface area contributed by atoms with Crippen LogP contribution in [0.5, 0.6) is 5.75 Å². The minimum absolute atomic E-state index is 0.185. The molecule has 1 heterocycles. The van der Waals surface area contributed by atoms with Crippen molar-refractivity contribution in [1.82, 2.24) is 5.32 Å². The Morgan fingerprint density at radius 2 is 2.11 bits per heavy atom. The molecule has 2 nitrogen and oxygen atoms in total. The van der Waals surface area contributed by atoms with Crippen LogP contribution in [0.15, 0.2) is 24.3 Å². The van der Waals surface area contributed by atoms with Gasteiger partial charge in [-0.3, -0.25) is 0 Å². The third-order valence-electron chi connectivity index (χ3n) is 3.85. The average molecular weight is 261 g/mol. The lowest BCUT2D eigenvalue weighted by molar-refractivity contribution is 0.268. The smallest absolute Gasteiger partial charge is 0.119 e. The first-order valence-corrected chi connectivity index (χ1v) is 7.52. The Kier molecular flexibility index (Phi) is 4.87. The van der Waals surface area contributed by atoms with Crippen LogP contribution in [-0.2, 0) is 5.41 Å². The number of nitrogens with one attached hydrogen (secondary N) is 1. The van der Waals surface area contributed by atoms with Crippen molar-refractivity contribution < 1.29 is 4.74 Å². The van der Waals surface area contributed by atoms with E-state index in [1.165, 1.54) is 31.4 Å². The molecule has 0 bridgehead atoms. The molecule has 1 N–H and O–H groups in total. The molecule has 106 valence electrons. The molecule has 1 saturated heterocycles. The predicted molar refractivity (Wildman–Crippen MR) is 80.9 cm³/mol. The molecule has 2 rings (SSSR count). The van der Waals surface area contributed by atoms with Gasteiger partial charge in [-0.15, -0.1) is 0 Å². The molecule has 1 atom stereocenters. The fraction of sp³-hybridized carbons (Fsp3) is 0.647. The van der Waals surface area contributed by atoms with Gasteiger partial charge in [0.15, 0.2) is 0 Å². The fourth-order valence-electron chi connectivity index (χ4n) is 2.54. The van der Waals surface area contributed by atoms with Gasteiger partial charge in [-0.2, -0.15) is 0 Å². The number of ether oxygens (including phenoxy) is 1. The molecule has 0 aromatic heterocycles. The topological polar surface area (TPSA) is 21.3 Å². The lowest BCUT2D eigenvalue weighted by Gasteiger charge is -2.23. The minimum atomic E-state index is 0.185. The minimum Gasteiger partial charge on any atom is -0.494 e. The number of hydrogen-bond donors (Lipinski definition) is 1. The fourth-order valence-corrected chi connectivity index (χ4v) is 2.54. The van der Waals surface area contributed by atoms with E-state index in [0.29, 0.717) is 6.04 Å². The van der Waals surface area contributed by atoms with Crippen LogP contribution >= 0.6 is 0 Å². The van der Waals surface area contributed by atoms with Crippen molar-refractivity contribution in [3.05, 3.63) is 29.8 Å². The van der Waals surface area contributed by atoms with Crippen molar-refractivity contribution in [2.24, 2.45) is 0 Å². The highest BCUT2D eigenvalue weighted by Gasteiger charge is 2.15. The molecule has 1 aliphatic heterocycles. The quantitative estimate of drug-likeness (QED) is 0.887. The maximum Gasteiger partial charge on any atom is 0.119 e. The average Bonchev–Trinajstić information content (AvgIpc) is 2.39. The zero-order chi connectivity index (χ0) is 13.7. The Hall–Kier alpha value is -1.02. The molecule has 0 saturated carbocycles. The first-order chi connectivity index (χ1) is 9.05. The van der Waals surface area contributed by atoms with Crippen LogP contribution in [0.4, 0.5) is 0 Å². The highest BCUT2D eigenvalue weighted by molar-refractivity contribution is 5.32. The van der Waals surface area contributed by atoms with E-state index in [9.17, 15) is 0 Å². The van der Waals surface area contributed by atoms with Crippen molar-refractivity contribution in [1.29, 1.82) is 0 Å². The largest absolute Gasteiger partial charge is 0.494 e. The van der Waals surface area contributed by atoms with E-state index in [1.54, 1.807) is 0 Å². The number of rotatable bonds is 4. The molecule has 1 aromatic carbocycles. The van der Waals surface area contributed by atoms with Crippen LogP contribution < -0.4 is 10.1 Å². The van der Waals surface area contributed by atoms with Gasteiger partial charge >= 0.3 is 0 Å². The van der Waals surface area contributed by atoms with Gasteiger partial charge < -0.3 is 10.1 Å². The van der Waals surface area contributed by atoms with Crippen molar-refractivity contribution in [3.63, 3.8) is 0 Å². The van der Waals surface area contributed by atoms with Crippen LogP contribution in [0.1, 0.15) is 52.0 Å². The van der Waals surface area contributed by atoms with E-state index in [1.807, 2.05) is 0 Å². The zero-order valence-electron chi connectivity index (χ0n) is 12.5. The standard InChI is InChI=1S/C17H27NO/c1-17(2,3)14-7-6-9-16(13-14)19-12-10-15-8-4-5-11-18-15/h6-7,9,13,15,18H,4-5,8,10-12H2,1-3H3. The Morgan fingerprint density at radius 3 is 2.79 bits per heavy atom. The maximum absolute atomic E-state index is 5.90. The van der Waals surface area contributed by atoms with Gasteiger partial charge in [0.1, 0.15) is 5.75 Å². The number of benzene rings is 1. The van der Waals surface area contributed by atoms with E-state index < -0.39 is 0 Å². The number of piperidine rings is 1. The maximum atomic E-state index is 5.90. The molecule has 2 heteroatoms. The Labute approximate surface area is 117 Å². The van der Waals surface area contributed by atoms with Crippen LogP contribution in [0.25, 0.3) is 0 Å². The lowest BCUT2D eigenvalue weighted by Crippen LogP contribution is -2.35. The molecule has 1 unspecified atom stereocenters. The summed E-state index contributed by atoms with van der Waals surface area (Å²) < 4.78 is 5.90. The van der Waals surface area contributed by atoms with E-state index >= 15 is 0 Å². The molecular weight excluding hydrogens is 234 g/mol. The Bertz CT molecular complexity index is 388. The van der Waals surface area contributed by atoms with Crippen molar-refractivity contribution in [2.45, 2.75) is 57.9 Å². The molecule has 19 heavy (non-hydrogen) atoms. The second kappa shape index (κ2) is 6.42. The molecule has 0 spiro atoms. The molecule has 0 amide bonds. The van der Waals surface area contributed by atoms with Crippen LogP contribution in [0, 0.1) is 0 Å². The summed E-state index contributed by atoms with van der Waals surface area (Å²) in [6.07, 6.45) is 5.09. The third-order valence-corrected chi connectivity index (χ3v) is 3.85. The van der Waals surface area contributed by atoms with Gasteiger partial charge in [0.05, 0.1) is 6.61 Å². The summed E-state index contributed by atoms with van der Waals surface area (Å²) >= 11 is 0. The van der Waals surface area contributed by atoms with E-state index in [-0.39, 0.29) is 5.41 Å². The van der Waals surface area contributed by atoms with Crippen molar-refractivity contribution in [3.8, 4) is 5.75 Å². The molecule has 1 fully saturated rings.